The maximum absolute atomic E-state index is 5.62. The van der Waals surface area contributed by atoms with E-state index in [1.807, 2.05) is 0 Å². The molecule has 0 unspecified atom stereocenters. The average molecular weight is 186 g/mol. The van der Waals surface area contributed by atoms with E-state index >= 15 is 0 Å². The molecule has 0 atom stereocenters. The SMILES string of the molecule is Clc1cc(OC2CNC2)cnn1. The van der Waals surface area contributed by atoms with Gasteiger partial charge in [-0.25, -0.2) is 0 Å². The van der Waals surface area contributed by atoms with Crippen molar-refractivity contribution in [2.45, 2.75) is 6.10 Å². The van der Waals surface area contributed by atoms with Crippen molar-refractivity contribution in [1.29, 1.82) is 0 Å². The van der Waals surface area contributed by atoms with Crippen molar-refractivity contribution in [3.8, 4) is 5.75 Å². The van der Waals surface area contributed by atoms with E-state index in [0.717, 1.165) is 13.1 Å². The summed E-state index contributed by atoms with van der Waals surface area (Å²) in [7, 11) is 0. The topological polar surface area (TPSA) is 47.0 Å². The van der Waals surface area contributed by atoms with Gasteiger partial charge in [0.25, 0.3) is 0 Å². The standard InChI is InChI=1S/C7H8ClN3O/c8-7-1-5(4-10-11-7)12-6-2-9-3-6/h1,4,6,9H,2-3H2. The molecule has 1 fully saturated rings. The summed E-state index contributed by atoms with van der Waals surface area (Å²) in [6, 6.07) is 1.66. The molecule has 1 aromatic rings. The second-order valence-corrected chi connectivity index (χ2v) is 3.00. The van der Waals surface area contributed by atoms with Crippen LogP contribution in [0.2, 0.25) is 5.15 Å². The summed E-state index contributed by atoms with van der Waals surface area (Å²) in [5.41, 5.74) is 0. The quantitative estimate of drug-likeness (QED) is 0.728. The van der Waals surface area contributed by atoms with E-state index < -0.39 is 0 Å². The van der Waals surface area contributed by atoms with E-state index in [9.17, 15) is 0 Å². The van der Waals surface area contributed by atoms with E-state index in [4.69, 9.17) is 16.3 Å². The van der Waals surface area contributed by atoms with E-state index in [0.29, 0.717) is 10.9 Å². The fourth-order valence-corrected chi connectivity index (χ4v) is 1.08. The van der Waals surface area contributed by atoms with Gasteiger partial charge in [-0.05, 0) is 0 Å². The first-order chi connectivity index (χ1) is 5.84. The third-order valence-electron chi connectivity index (χ3n) is 1.65. The van der Waals surface area contributed by atoms with Crippen molar-refractivity contribution in [2.24, 2.45) is 0 Å². The lowest BCUT2D eigenvalue weighted by Crippen LogP contribution is -2.50. The highest BCUT2D eigenvalue weighted by Gasteiger charge is 2.18. The molecule has 0 saturated carbocycles. The van der Waals surface area contributed by atoms with Crippen molar-refractivity contribution in [1.82, 2.24) is 15.5 Å². The molecule has 12 heavy (non-hydrogen) atoms. The lowest BCUT2D eigenvalue weighted by Gasteiger charge is -2.27. The van der Waals surface area contributed by atoms with Crippen LogP contribution in [0.3, 0.4) is 0 Å². The number of nitrogens with zero attached hydrogens (tertiary/aromatic N) is 2. The molecule has 0 amide bonds. The second kappa shape index (κ2) is 3.25. The number of ether oxygens (including phenoxy) is 1. The third-order valence-corrected chi connectivity index (χ3v) is 1.83. The Hall–Kier alpha value is -0.870. The lowest BCUT2D eigenvalue weighted by atomic mass is 10.2. The third kappa shape index (κ3) is 1.65. The predicted octanol–water partition coefficient (Wildman–Crippen LogP) is 0.481. The van der Waals surface area contributed by atoms with Gasteiger partial charge in [0.1, 0.15) is 11.9 Å². The number of halogens is 1. The van der Waals surface area contributed by atoms with Gasteiger partial charge in [-0.15, -0.1) is 5.10 Å². The zero-order valence-corrected chi connectivity index (χ0v) is 7.08. The molecule has 1 aromatic heterocycles. The summed E-state index contributed by atoms with van der Waals surface area (Å²) in [6.45, 7) is 1.78. The second-order valence-electron chi connectivity index (χ2n) is 2.61. The normalized spacial score (nSPS) is 17.1. The molecule has 5 heteroatoms. The van der Waals surface area contributed by atoms with Gasteiger partial charge in [0.15, 0.2) is 5.15 Å². The number of nitrogens with one attached hydrogen (secondary N) is 1. The Balaban J connectivity index is 2.02. The Labute approximate surface area is 74.9 Å². The van der Waals surface area contributed by atoms with E-state index in [2.05, 4.69) is 15.5 Å². The minimum Gasteiger partial charge on any atom is -0.486 e. The van der Waals surface area contributed by atoms with E-state index in [1.165, 1.54) is 0 Å². The first-order valence-electron chi connectivity index (χ1n) is 3.70. The summed E-state index contributed by atoms with van der Waals surface area (Å²) in [5.74, 6) is 0.682. The molecule has 0 radical (unpaired) electrons. The van der Waals surface area contributed by atoms with Crippen LogP contribution in [0.1, 0.15) is 0 Å². The Kier molecular flexibility index (Phi) is 2.10. The maximum atomic E-state index is 5.62. The van der Waals surface area contributed by atoms with Crippen LogP contribution in [0.15, 0.2) is 12.3 Å². The van der Waals surface area contributed by atoms with Gasteiger partial charge in [0.2, 0.25) is 0 Å². The molecule has 64 valence electrons. The summed E-state index contributed by atoms with van der Waals surface area (Å²) >= 11 is 5.62. The number of hydrogen-bond donors (Lipinski definition) is 1. The van der Waals surface area contributed by atoms with Gasteiger partial charge in [-0.1, -0.05) is 11.6 Å². The lowest BCUT2D eigenvalue weighted by molar-refractivity contribution is 0.141. The van der Waals surface area contributed by atoms with Gasteiger partial charge in [-0.2, -0.15) is 5.10 Å². The van der Waals surface area contributed by atoms with Crippen molar-refractivity contribution in [3.05, 3.63) is 17.4 Å². The minimum absolute atomic E-state index is 0.255. The van der Waals surface area contributed by atoms with Crippen LogP contribution in [0, 0.1) is 0 Å². The minimum atomic E-state index is 0.255. The van der Waals surface area contributed by atoms with Crippen molar-refractivity contribution in [2.75, 3.05) is 13.1 Å². The van der Waals surface area contributed by atoms with Crippen LogP contribution in [-0.4, -0.2) is 29.4 Å². The number of rotatable bonds is 2. The largest absolute Gasteiger partial charge is 0.486 e. The molecule has 0 bridgehead atoms. The molecule has 0 aliphatic carbocycles. The zero-order valence-electron chi connectivity index (χ0n) is 6.33. The van der Waals surface area contributed by atoms with Crippen molar-refractivity contribution in [3.63, 3.8) is 0 Å². The highest BCUT2D eigenvalue weighted by atomic mass is 35.5. The summed E-state index contributed by atoms with van der Waals surface area (Å²) in [6.07, 6.45) is 1.81. The number of aromatic nitrogens is 2. The number of hydrogen-bond acceptors (Lipinski definition) is 4. The Morgan fingerprint density at radius 1 is 1.58 bits per heavy atom. The van der Waals surface area contributed by atoms with Gasteiger partial charge in [0.05, 0.1) is 6.20 Å². The summed E-state index contributed by atoms with van der Waals surface area (Å²) < 4.78 is 5.48. The van der Waals surface area contributed by atoms with E-state index in [-0.39, 0.29) is 6.10 Å². The molecule has 1 saturated heterocycles. The van der Waals surface area contributed by atoms with Gasteiger partial charge in [-0.3, -0.25) is 0 Å². The molecule has 1 N–H and O–H groups in total. The van der Waals surface area contributed by atoms with Crippen LogP contribution in [0.25, 0.3) is 0 Å². The maximum Gasteiger partial charge on any atom is 0.155 e. The van der Waals surface area contributed by atoms with Crippen LogP contribution < -0.4 is 10.1 Å². The predicted molar refractivity (Wildman–Crippen MR) is 44.3 cm³/mol. The zero-order chi connectivity index (χ0) is 8.39. The smallest absolute Gasteiger partial charge is 0.155 e. The Morgan fingerprint density at radius 3 is 3.00 bits per heavy atom. The van der Waals surface area contributed by atoms with Crippen LogP contribution in [-0.2, 0) is 0 Å². The summed E-state index contributed by atoms with van der Waals surface area (Å²) in [4.78, 5) is 0. The van der Waals surface area contributed by atoms with Gasteiger partial charge >= 0.3 is 0 Å². The van der Waals surface area contributed by atoms with Gasteiger partial charge in [0, 0.05) is 19.2 Å². The Morgan fingerprint density at radius 2 is 2.42 bits per heavy atom. The summed E-state index contributed by atoms with van der Waals surface area (Å²) in [5, 5.41) is 10.7. The van der Waals surface area contributed by atoms with Crippen LogP contribution >= 0.6 is 11.6 Å². The van der Waals surface area contributed by atoms with Crippen molar-refractivity contribution >= 4 is 11.6 Å². The monoisotopic (exact) mass is 185 g/mol. The first-order valence-corrected chi connectivity index (χ1v) is 4.08. The van der Waals surface area contributed by atoms with Gasteiger partial charge < -0.3 is 10.1 Å². The van der Waals surface area contributed by atoms with Crippen LogP contribution in [0.5, 0.6) is 5.75 Å². The first kappa shape index (κ1) is 7.76. The Bertz CT molecular complexity index is 277. The highest BCUT2D eigenvalue weighted by molar-refractivity contribution is 6.29. The molecule has 2 heterocycles. The highest BCUT2D eigenvalue weighted by Crippen LogP contribution is 2.15. The molecule has 2 rings (SSSR count). The van der Waals surface area contributed by atoms with Crippen LogP contribution in [0.4, 0.5) is 0 Å². The molecule has 4 nitrogen and oxygen atoms in total. The molecular formula is C7H8ClN3O. The fourth-order valence-electron chi connectivity index (χ4n) is 0.927. The van der Waals surface area contributed by atoms with E-state index in [1.54, 1.807) is 12.3 Å². The molecule has 1 aliphatic heterocycles. The average Bonchev–Trinajstić information content (AvgIpc) is 1.97. The molecule has 1 aliphatic rings. The fraction of sp³-hybridized carbons (Fsp3) is 0.429. The molecular weight excluding hydrogens is 178 g/mol. The molecule has 0 spiro atoms. The van der Waals surface area contributed by atoms with Crippen molar-refractivity contribution < 1.29 is 4.74 Å². The molecule has 0 aromatic carbocycles.